The third-order valence-corrected chi connectivity index (χ3v) is 2.23. The fourth-order valence-electron chi connectivity index (χ4n) is 0.577. The second kappa shape index (κ2) is 7.88. The van der Waals surface area contributed by atoms with Gasteiger partial charge < -0.3 is 10.2 Å². The predicted octanol–water partition coefficient (Wildman–Crippen LogP) is 0.967. The van der Waals surface area contributed by atoms with Crippen molar-refractivity contribution in [1.29, 1.82) is 0 Å². The van der Waals surface area contributed by atoms with Crippen LogP contribution in [0.4, 0.5) is 0 Å². The first-order chi connectivity index (χ1) is 5.27. The third kappa shape index (κ3) is 9.78. The van der Waals surface area contributed by atoms with Crippen LogP contribution in [0.3, 0.4) is 0 Å². The molecule has 0 unspecified atom stereocenters. The predicted molar refractivity (Wildman–Crippen MR) is 45.9 cm³/mol. The van der Waals surface area contributed by atoms with Gasteiger partial charge in [0, 0.05) is 12.4 Å². The zero-order valence-corrected chi connectivity index (χ0v) is 7.27. The molecular weight excluding hydrogens is 164 g/mol. The molecule has 0 bridgehead atoms. The van der Waals surface area contributed by atoms with E-state index in [0.29, 0.717) is 5.75 Å². The standard InChI is InChI=1S/C7H14O3S/c8-4-1-2-5-11-6-3-7(9)10/h8H,1-6H2,(H,9,10). The van der Waals surface area contributed by atoms with E-state index in [1.165, 1.54) is 0 Å². The van der Waals surface area contributed by atoms with Crippen molar-refractivity contribution in [2.75, 3.05) is 18.1 Å². The molecule has 0 aliphatic carbocycles. The maximum absolute atomic E-state index is 10.0. The minimum atomic E-state index is -0.736. The van der Waals surface area contributed by atoms with Gasteiger partial charge in [-0.05, 0) is 18.6 Å². The molecule has 0 spiro atoms. The number of hydrogen-bond acceptors (Lipinski definition) is 3. The van der Waals surface area contributed by atoms with Crippen LogP contribution in [0.2, 0.25) is 0 Å². The number of thioether (sulfide) groups is 1. The minimum Gasteiger partial charge on any atom is -0.481 e. The Morgan fingerprint density at radius 3 is 2.55 bits per heavy atom. The fraction of sp³-hybridized carbons (Fsp3) is 0.857. The average Bonchev–Trinajstić information content (AvgIpc) is 1.96. The molecule has 0 rings (SSSR count). The van der Waals surface area contributed by atoms with E-state index in [1.807, 2.05) is 0 Å². The highest BCUT2D eigenvalue weighted by molar-refractivity contribution is 7.99. The molecule has 3 nitrogen and oxygen atoms in total. The second-order valence-electron chi connectivity index (χ2n) is 2.19. The van der Waals surface area contributed by atoms with Gasteiger partial charge >= 0.3 is 5.97 Å². The van der Waals surface area contributed by atoms with Crippen molar-refractivity contribution in [3.05, 3.63) is 0 Å². The molecule has 0 aliphatic heterocycles. The number of carboxylic acids is 1. The summed E-state index contributed by atoms with van der Waals surface area (Å²) in [4.78, 5) is 10.0. The number of rotatable bonds is 7. The molecule has 0 amide bonds. The highest BCUT2D eigenvalue weighted by Gasteiger charge is 1.95. The van der Waals surface area contributed by atoms with E-state index >= 15 is 0 Å². The first-order valence-electron chi connectivity index (χ1n) is 3.67. The Morgan fingerprint density at radius 2 is 2.00 bits per heavy atom. The van der Waals surface area contributed by atoms with Crippen LogP contribution in [0.1, 0.15) is 19.3 Å². The van der Waals surface area contributed by atoms with Crippen LogP contribution < -0.4 is 0 Å². The van der Waals surface area contributed by atoms with E-state index in [4.69, 9.17) is 10.2 Å². The number of unbranched alkanes of at least 4 members (excludes halogenated alkanes) is 1. The van der Waals surface area contributed by atoms with Gasteiger partial charge in [-0.25, -0.2) is 0 Å². The average molecular weight is 178 g/mol. The number of carboxylic acid groups (broad SMARTS) is 1. The monoisotopic (exact) mass is 178 g/mol. The molecular formula is C7H14O3S. The lowest BCUT2D eigenvalue weighted by atomic mass is 10.4. The van der Waals surface area contributed by atoms with Crippen LogP contribution in [0, 0.1) is 0 Å². The summed E-state index contributed by atoms with van der Waals surface area (Å²) in [7, 11) is 0. The molecule has 0 fully saturated rings. The lowest BCUT2D eigenvalue weighted by Crippen LogP contribution is -1.96. The maximum Gasteiger partial charge on any atom is 0.304 e. The summed E-state index contributed by atoms with van der Waals surface area (Å²) in [6, 6.07) is 0. The van der Waals surface area contributed by atoms with Gasteiger partial charge in [0.15, 0.2) is 0 Å². The molecule has 0 aromatic carbocycles. The van der Waals surface area contributed by atoms with Crippen molar-refractivity contribution >= 4 is 17.7 Å². The summed E-state index contributed by atoms with van der Waals surface area (Å²) < 4.78 is 0. The fourth-order valence-corrected chi connectivity index (χ4v) is 1.51. The molecule has 0 aliphatic rings. The summed E-state index contributed by atoms with van der Waals surface area (Å²) in [5, 5.41) is 16.7. The molecule has 2 N–H and O–H groups in total. The smallest absolute Gasteiger partial charge is 0.304 e. The van der Waals surface area contributed by atoms with Crippen molar-refractivity contribution in [1.82, 2.24) is 0 Å². The minimum absolute atomic E-state index is 0.236. The third-order valence-electron chi connectivity index (χ3n) is 1.16. The Labute approximate surface area is 70.8 Å². The van der Waals surface area contributed by atoms with Crippen LogP contribution in [-0.4, -0.2) is 34.3 Å². The topological polar surface area (TPSA) is 57.5 Å². The van der Waals surface area contributed by atoms with Crippen molar-refractivity contribution in [3.63, 3.8) is 0 Å². The van der Waals surface area contributed by atoms with Gasteiger partial charge in [-0.3, -0.25) is 4.79 Å². The normalized spacial score (nSPS) is 9.91. The Balaban J connectivity index is 2.85. The molecule has 66 valence electrons. The van der Waals surface area contributed by atoms with Gasteiger partial charge in [0.2, 0.25) is 0 Å². The van der Waals surface area contributed by atoms with Gasteiger partial charge in [0.25, 0.3) is 0 Å². The van der Waals surface area contributed by atoms with E-state index in [2.05, 4.69) is 0 Å². The summed E-state index contributed by atoms with van der Waals surface area (Å²) in [6.07, 6.45) is 2.03. The van der Waals surface area contributed by atoms with E-state index in [-0.39, 0.29) is 13.0 Å². The van der Waals surface area contributed by atoms with Crippen molar-refractivity contribution < 1.29 is 15.0 Å². The zero-order valence-electron chi connectivity index (χ0n) is 6.45. The molecule has 0 aromatic heterocycles. The number of carbonyl (C=O) groups is 1. The molecule has 0 saturated heterocycles. The maximum atomic E-state index is 10.0. The first-order valence-corrected chi connectivity index (χ1v) is 4.83. The quantitative estimate of drug-likeness (QED) is 0.570. The molecule has 4 heteroatoms. The Hall–Kier alpha value is -0.220. The molecule has 0 aromatic rings. The largest absolute Gasteiger partial charge is 0.481 e. The van der Waals surface area contributed by atoms with Gasteiger partial charge in [0.1, 0.15) is 0 Å². The van der Waals surface area contributed by atoms with Crippen LogP contribution in [-0.2, 0) is 4.79 Å². The zero-order chi connectivity index (χ0) is 8.53. The SMILES string of the molecule is O=C(O)CCSCCCCO. The Morgan fingerprint density at radius 1 is 1.27 bits per heavy atom. The van der Waals surface area contributed by atoms with Crippen molar-refractivity contribution in [3.8, 4) is 0 Å². The summed E-state index contributed by atoms with van der Waals surface area (Å²) in [5.74, 6) is 0.897. The second-order valence-corrected chi connectivity index (χ2v) is 3.41. The van der Waals surface area contributed by atoms with Crippen LogP contribution in [0.5, 0.6) is 0 Å². The molecule has 0 atom stereocenters. The van der Waals surface area contributed by atoms with Gasteiger partial charge in [-0.2, -0.15) is 11.8 Å². The molecule has 0 radical (unpaired) electrons. The molecule has 0 saturated carbocycles. The summed E-state index contributed by atoms with van der Waals surface area (Å²) >= 11 is 1.63. The van der Waals surface area contributed by atoms with Crippen LogP contribution >= 0.6 is 11.8 Å². The van der Waals surface area contributed by atoms with E-state index < -0.39 is 5.97 Å². The van der Waals surface area contributed by atoms with Gasteiger partial charge in [-0.1, -0.05) is 0 Å². The van der Waals surface area contributed by atoms with Crippen molar-refractivity contribution in [2.45, 2.75) is 19.3 Å². The number of aliphatic hydroxyl groups excluding tert-OH is 1. The number of aliphatic hydroxyl groups is 1. The van der Waals surface area contributed by atoms with E-state index in [1.54, 1.807) is 11.8 Å². The van der Waals surface area contributed by atoms with E-state index in [9.17, 15) is 4.79 Å². The number of hydrogen-bond donors (Lipinski definition) is 2. The lowest BCUT2D eigenvalue weighted by molar-refractivity contribution is -0.136. The Bertz CT molecular complexity index is 106. The highest BCUT2D eigenvalue weighted by atomic mass is 32.2. The van der Waals surface area contributed by atoms with Crippen LogP contribution in [0.25, 0.3) is 0 Å². The molecule has 0 heterocycles. The molecule has 11 heavy (non-hydrogen) atoms. The summed E-state index contributed by atoms with van der Waals surface area (Å²) in [6.45, 7) is 0.236. The van der Waals surface area contributed by atoms with Gasteiger partial charge in [0.05, 0.1) is 6.42 Å². The highest BCUT2D eigenvalue weighted by Crippen LogP contribution is 2.05. The van der Waals surface area contributed by atoms with E-state index in [0.717, 1.165) is 18.6 Å². The first kappa shape index (κ1) is 10.8. The number of aliphatic carboxylic acids is 1. The van der Waals surface area contributed by atoms with Crippen molar-refractivity contribution in [2.24, 2.45) is 0 Å². The summed E-state index contributed by atoms with van der Waals surface area (Å²) in [5.41, 5.74) is 0. The lowest BCUT2D eigenvalue weighted by Gasteiger charge is -1.97. The Kier molecular flexibility index (Phi) is 7.72. The van der Waals surface area contributed by atoms with Crippen LogP contribution in [0.15, 0.2) is 0 Å². The van der Waals surface area contributed by atoms with Gasteiger partial charge in [-0.15, -0.1) is 0 Å².